The minimum atomic E-state index is 0.119. The zero-order valence-electron chi connectivity index (χ0n) is 17.0. The van der Waals surface area contributed by atoms with Crippen LogP contribution in [0.2, 0.25) is 0 Å². The van der Waals surface area contributed by atoms with Crippen LogP contribution >= 0.6 is 0 Å². The van der Waals surface area contributed by atoms with E-state index in [4.69, 9.17) is 0 Å². The molecule has 2 atom stereocenters. The second-order valence-electron chi connectivity index (χ2n) is 8.23. The number of carbonyl (C=O) groups excluding carboxylic acids is 1. The number of benzene rings is 2. The van der Waals surface area contributed by atoms with Crippen LogP contribution in [0.1, 0.15) is 82.3 Å². The Kier molecular flexibility index (Phi) is 7.26. The van der Waals surface area contributed by atoms with E-state index in [1.54, 1.807) is 0 Å². The highest BCUT2D eigenvalue weighted by Gasteiger charge is 2.29. The summed E-state index contributed by atoms with van der Waals surface area (Å²) in [5, 5.41) is 0. The van der Waals surface area contributed by atoms with E-state index >= 15 is 0 Å². The van der Waals surface area contributed by atoms with Crippen LogP contribution < -0.4 is 0 Å². The largest absolute Gasteiger partial charge is 0.299 e. The summed E-state index contributed by atoms with van der Waals surface area (Å²) in [7, 11) is 0. The standard InChI is InChI=1S/C26H34O/c1-3-5-6-8-20-9-12-22(13-10-20)23-14-16-24(17-15-23)25-18-11-21(7-4-2)19-26(25)27/h9-10,12-17,21,25H,3-8,11,18-19H2,1-2H3. The zero-order valence-corrected chi connectivity index (χ0v) is 17.0. The molecule has 1 fully saturated rings. The van der Waals surface area contributed by atoms with Crippen molar-refractivity contribution >= 4 is 5.78 Å². The van der Waals surface area contributed by atoms with Gasteiger partial charge in [-0.25, -0.2) is 0 Å². The molecule has 0 radical (unpaired) electrons. The lowest BCUT2D eigenvalue weighted by Crippen LogP contribution is -2.23. The Morgan fingerprint density at radius 2 is 1.48 bits per heavy atom. The molecule has 2 unspecified atom stereocenters. The molecule has 1 nitrogen and oxygen atoms in total. The van der Waals surface area contributed by atoms with Crippen molar-refractivity contribution in [1.29, 1.82) is 0 Å². The first-order chi connectivity index (χ1) is 13.2. The van der Waals surface area contributed by atoms with Crippen molar-refractivity contribution in [3.63, 3.8) is 0 Å². The maximum absolute atomic E-state index is 12.6. The van der Waals surface area contributed by atoms with Gasteiger partial charge in [0.2, 0.25) is 0 Å². The monoisotopic (exact) mass is 362 g/mol. The Hall–Kier alpha value is -1.89. The molecule has 0 aromatic heterocycles. The fourth-order valence-electron chi connectivity index (χ4n) is 4.45. The van der Waals surface area contributed by atoms with Crippen molar-refractivity contribution in [2.75, 3.05) is 0 Å². The fourth-order valence-corrected chi connectivity index (χ4v) is 4.45. The molecule has 0 bridgehead atoms. The van der Waals surface area contributed by atoms with Gasteiger partial charge in [0.1, 0.15) is 5.78 Å². The third-order valence-electron chi connectivity index (χ3n) is 6.11. The van der Waals surface area contributed by atoms with E-state index in [9.17, 15) is 4.79 Å². The van der Waals surface area contributed by atoms with Gasteiger partial charge in [0, 0.05) is 12.3 Å². The van der Waals surface area contributed by atoms with Gasteiger partial charge in [0.05, 0.1) is 0 Å². The van der Waals surface area contributed by atoms with E-state index in [0.717, 1.165) is 12.8 Å². The van der Waals surface area contributed by atoms with Gasteiger partial charge in [0.15, 0.2) is 0 Å². The molecule has 0 saturated heterocycles. The molecule has 1 aliphatic carbocycles. The van der Waals surface area contributed by atoms with E-state index < -0.39 is 0 Å². The molecule has 2 aromatic carbocycles. The highest BCUT2D eigenvalue weighted by molar-refractivity contribution is 5.86. The Morgan fingerprint density at radius 3 is 2.07 bits per heavy atom. The molecule has 0 amide bonds. The Labute approximate surface area is 165 Å². The molecule has 3 rings (SSSR count). The summed E-state index contributed by atoms with van der Waals surface area (Å²) < 4.78 is 0. The molecule has 27 heavy (non-hydrogen) atoms. The summed E-state index contributed by atoms with van der Waals surface area (Å²) in [6.07, 6.45) is 10.4. The second kappa shape index (κ2) is 9.88. The summed E-state index contributed by atoms with van der Waals surface area (Å²) in [5.74, 6) is 1.19. The van der Waals surface area contributed by atoms with E-state index in [2.05, 4.69) is 62.4 Å². The molecule has 1 saturated carbocycles. The van der Waals surface area contributed by atoms with Gasteiger partial charge in [-0.05, 0) is 53.9 Å². The summed E-state index contributed by atoms with van der Waals surface area (Å²) in [4.78, 5) is 12.6. The zero-order chi connectivity index (χ0) is 19.1. The van der Waals surface area contributed by atoms with E-state index in [0.29, 0.717) is 11.7 Å². The summed E-state index contributed by atoms with van der Waals surface area (Å²) in [6, 6.07) is 17.7. The third-order valence-corrected chi connectivity index (χ3v) is 6.11. The van der Waals surface area contributed by atoms with Crippen LogP contribution in [0.3, 0.4) is 0 Å². The fraction of sp³-hybridized carbons (Fsp3) is 0.500. The van der Waals surface area contributed by atoms with Crippen molar-refractivity contribution in [2.45, 2.75) is 77.6 Å². The molecular weight excluding hydrogens is 328 g/mol. The first-order valence-corrected chi connectivity index (χ1v) is 10.9. The normalized spacial score (nSPS) is 20.0. The van der Waals surface area contributed by atoms with Gasteiger partial charge in [-0.15, -0.1) is 0 Å². The maximum atomic E-state index is 12.6. The SMILES string of the molecule is CCCCCc1ccc(-c2ccc(C3CCC(CCC)CC3=O)cc2)cc1. The van der Waals surface area contributed by atoms with Gasteiger partial charge in [-0.1, -0.05) is 88.1 Å². The third kappa shape index (κ3) is 5.31. The smallest absolute Gasteiger partial charge is 0.140 e. The molecule has 0 N–H and O–H groups in total. The molecule has 1 aliphatic rings. The average molecular weight is 363 g/mol. The number of rotatable bonds is 8. The molecule has 0 aliphatic heterocycles. The number of unbranched alkanes of at least 4 members (excludes halogenated alkanes) is 2. The first kappa shape index (κ1) is 19.9. The molecular formula is C26H34O. The van der Waals surface area contributed by atoms with E-state index in [1.807, 2.05) is 0 Å². The molecule has 1 heteroatoms. The van der Waals surface area contributed by atoms with Crippen LogP contribution in [0, 0.1) is 5.92 Å². The van der Waals surface area contributed by atoms with Crippen molar-refractivity contribution in [2.24, 2.45) is 5.92 Å². The van der Waals surface area contributed by atoms with Gasteiger partial charge < -0.3 is 0 Å². The first-order valence-electron chi connectivity index (χ1n) is 10.9. The Bertz CT molecular complexity index is 711. The number of aryl methyl sites for hydroxylation is 1. The van der Waals surface area contributed by atoms with Gasteiger partial charge in [-0.2, -0.15) is 0 Å². The number of Topliss-reactive ketones (excluding diaryl/α,β-unsaturated/α-hetero) is 1. The predicted octanol–water partition coefficient (Wildman–Crippen LogP) is 7.34. The van der Waals surface area contributed by atoms with Crippen molar-refractivity contribution < 1.29 is 4.79 Å². The number of hydrogen-bond acceptors (Lipinski definition) is 1. The number of carbonyl (C=O) groups is 1. The lowest BCUT2D eigenvalue weighted by atomic mass is 9.76. The highest BCUT2D eigenvalue weighted by Crippen LogP contribution is 2.35. The van der Waals surface area contributed by atoms with Crippen LogP contribution in [0.5, 0.6) is 0 Å². The molecule has 0 spiro atoms. The minimum Gasteiger partial charge on any atom is -0.299 e. The Balaban J connectivity index is 1.62. The summed E-state index contributed by atoms with van der Waals surface area (Å²) in [6.45, 7) is 4.46. The van der Waals surface area contributed by atoms with Gasteiger partial charge in [0.25, 0.3) is 0 Å². The van der Waals surface area contributed by atoms with E-state index in [1.165, 1.54) is 67.2 Å². The molecule has 2 aromatic rings. The molecule has 144 valence electrons. The van der Waals surface area contributed by atoms with Crippen LogP contribution in [0.15, 0.2) is 48.5 Å². The second-order valence-corrected chi connectivity index (χ2v) is 8.23. The lowest BCUT2D eigenvalue weighted by molar-refractivity contribution is -0.123. The van der Waals surface area contributed by atoms with Crippen LogP contribution in [0.25, 0.3) is 11.1 Å². The number of hydrogen-bond donors (Lipinski definition) is 0. The predicted molar refractivity (Wildman–Crippen MR) is 115 cm³/mol. The van der Waals surface area contributed by atoms with Crippen molar-refractivity contribution in [3.8, 4) is 11.1 Å². The van der Waals surface area contributed by atoms with Crippen LogP contribution in [-0.4, -0.2) is 5.78 Å². The van der Waals surface area contributed by atoms with Crippen molar-refractivity contribution in [3.05, 3.63) is 59.7 Å². The molecule has 0 heterocycles. The minimum absolute atomic E-state index is 0.119. The maximum Gasteiger partial charge on any atom is 0.140 e. The lowest BCUT2D eigenvalue weighted by Gasteiger charge is -2.27. The highest BCUT2D eigenvalue weighted by atomic mass is 16.1. The average Bonchev–Trinajstić information content (AvgIpc) is 2.69. The topological polar surface area (TPSA) is 17.1 Å². The Morgan fingerprint density at radius 1 is 0.815 bits per heavy atom. The van der Waals surface area contributed by atoms with Gasteiger partial charge >= 0.3 is 0 Å². The van der Waals surface area contributed by atoms with Crippen molar-refractivity contribution in [1.82, 2.24) is 0 Å². The van der Waals surface area contributed by atoms with Gasteiger partial charge in [-0.3, -0.25) is 4.79 Å². The summed E-state index contributed by atoms with van der Waals surface area (Å²) in [5.41, 5.74) is 5.14. The van der Waals surface area contributed by atoms with E-state index in [-0.39, 0.29) is 5.92 Å². The van der Waals surface area contributed by atoms with Crippen LogP contribution in [-0.2, 0) is 11.2 Å². The summed E-state index contributed by atoms with van der Waals surface area (Å²) >= 11 is 0. The number of ketones is 1. The quantitative estimate of drug-likeness (QED) is 0.449. The van der Waals surface area contributed by atoms with Crippen LogP contribution in [0.4, 0.5) is 0 Å².